The molecule has 1 saturated heterocycles. The Morgan fingerprint density at radius 1 is 1.18 bits per heavy atom. The lowest BCUT2D eigenvalue weighted by atomic mass is 10.0. The molecule has 3 N–H and O–H groups in total. The Kier molecular flexibility index (Phi) is 8.60. The zero-order chi connectivity index (χ0) is 20.5. The maximum Gasteiger partial charge on any atom is 0.251 e. The summed E-state index contributed by atoms with van der Waals surface area (Å²) < 4.78 is 0. The van der Waals surface area contributed by atoms with E-state index in [-0.39, 0.29) is 5.91 Å². The lowest BCUT2D eigenvalue weighted by molar-refractivity contribution is -0.128. The monoisotopic (exact) mass is 390 g/mol. The molecule has 0 spiro atoms. The van der Waals surface area contributed by atoms with Crippen LogP contribution >= 0.6 is 0 Å². The van der Waals surface area contributed by atoms with Gasteiger partial charge in [-0.05, 0) is 50.3 Å². The fourth-order valence-electron chi connectivity index (χ4n) is 3.36. The molecule has 2 rings (SSSR count). The number of aryl methyl sites for hydroxylation is 1. The van der Waals surface area contributed by atoms with Gasteiger partial charge in [-0.1, -0.05) is 18.6 Å². The number of nitrogens with one attached hydrogen (secondary N) is 1. The highest BCUT2D eigenvalue weighted by molar-refractivity contribution is 5.98. The maximum absolute atomic E-state index is 12.3. The first-order valence-corrected chi connectivity index (χ1v) is 9.91. The normalized spacial score (nSPS) is 16.1. The lowest BCUT2D eigenvalue weighted by Crippen LogP contribution is -2.48. The highest BCUT2D eigenvalue weighted by Gasteiger charge is 2.25. The van der Waals surface area contributed by atoms with Crippen LogP contribution < -0.4 is 5.32 Å². The second kappa shape index (κ2) is 10.9. The topological polar surface area (TPSA) is 107 Å². The maximum atomic E-state index is 12.3. The van der Waals surface area contributed by atoms with Crippen molar-refractivity contribution in [3.05, 3.63) is 35.4 Å². The van der Waals surface area contributed by atoms with Gasteiger partial charge in [0, 0.05) is 25.1 Å². The molecule has 0 aliphatic carbocycles. The Bertz CT molecular complexity index is 672. The van der Waals surface area contributed by atoms with E-state index in [9.17, 15) is 19.5 Å². The number of ketones is 1. The first kappa shape index (κ1) is 22.0. The number of likely N-dealkylation sites (tertiary alicyclic amines) is 1. The van der Waals surface area contributed by atoms with Gasteiger partial charge in [-0.25, -0.2) is 0 Å². The predicted octanol–water partition coefficient (Wildman–Crippen LogP) is 1.06. The molecule has 1 aliphatic rings. The van der Waals surface area contributed by atoms with Crippen molar-refractivity contribution >= 4 is 17.6 Å². The van der Waals surface area contributed by atoms with E-state index in [0.29, 0.717) is 12.0 Å². The van der Waals surface area contributed by atoms with Gasteiger partial charge in [0.25, 0.3) is 5.91 Å². The molecule has 2 atom stereocenters. The fraction of sp³-hybridized carbons (Fsp3) is 0.571. The van der Waals surface area contributed by atoms with Gasteiger partial charge in [-0.2, -0.15) is 0 Å². The summed E-state index contributed by atoms with van der Waals surface area (Å²) in [4.78, 5) is 37.3. The molecule has 2 amide bonds. The summed E-state index contributed by atoms with van der Waals surface area (Å²) in [5.41, 5.74) is 1.51. The number of carbonyl (C=O) groups excluding carboxylic acids is 3. The van der Waals surface area contributed by atoms with E-state index in [1.165, 1.54) is 6.92 Å². The molecule has 1 aliphatic heterocycles. The summed E-state index contributed by atoms with van der Waals surface area (Å²) in [6, 6.07) is 6.01. The molecule has 0 saturated carbocycles. The second-order valence-corrected chi connectivity index (χ2v) is 7.31. The van der Waals surface area contributed by atoms with Crippen molar-refractivity contribution in [2.75, 3.05) is 19.7 Å². The van der Waals surface area contributed by atoms with Crippen molar-refractivity contribution in [2.45, 2.75) is 57.6 Å². The zero-order valence-electron chi connectivity index (χ0n) is 16.4. The molecular formula is C21H30N2O5. The summed E-state index contributed by atoms with van der Waals surface area (Å²) in [7, 11) is 0. The highest BCUT2D eigenvalue weighted by atomic mass is 16.3. The number of hydrogen-bond acceptors (Lipinski definition) is 5. The number of Topliss-reactive ketones (excluding diaryl/α,β-unsaturated/α-hetero) is 1. The number of aliphatic hydroxyl groups is 2. The number of nitrogens with zero attached hydrogens (tertiary/aromatic N) is 1. The molecule has 0 bridgehead atoms. The van der Waals surface area contributed by atoms with Crippen molar-refractivity contribution < 1.29 is 24.6 Å². The average molecular weight is 390 g/mol. The standard InChI is InChI=1S/C21H30N2O5/c1-15(25)20(18(26)14-24)22-21(28)17-10-8-16(9-11-17)6-3-2-4-12-23-13-5-7-19(23)27/h8-11,15,20,24-25H,2-7,12-14H2,1H3,(H,22,28)/t15-,20+/m1/s1. The van der Waals surface area contributed by atoms with Crippen molar-refractivity contribution in [2.24, 2.45) is 0 Å². The lowest BCUT2D eigenvalue weighted by Gasteiger charge is -2.19. The number of aliphatic hydroxyl groups excluding tert-OH is 2. The molecular weight excluding hydrogens is 360 g/mol. The van der Waals surface area contributed by atoms with Crippen LogP contribution in [0.15, 0.2) is 24.3 Å². The Morgan fingerprint density at radius 3 is 2.46 bits per heavy atom. The van der Waals surface area contributed by atoms with Gasteiger partial charge in [0.15, 0.2) is 5.78 Å². The van der Waals surface area contributed by atoms with E-state index in [1.54, 1.807) is 12.1 Å². The Balaban J connectivity index is 1.75. The first-order valence-electron chi connectivity index (χ1n) is 9.91. The number of amides is 2. The van der Waals surface area contributed by atoms with Gasteiger partial charge >= 0.3 is 0 Å². The van der Waals surface area contributed by atoms with Crippen LogP contribution in [0.25, 0.3) is 0 Å². The quantitative estimate of drug-likeness (QED) is 0.490. The Labute approximate surface area is 165 Å². The third-order valence-corrected chi connectivity index (χ3v) is 5.05. The second-order valence-electron chi connectivity index (χ2n) is 7.31. The van der Waals surface area contributed by atoms with E-state index < -0.39 is 30.4 Å². The molecule has 1 aromatic rings. The number of carbonyl (C=O) groups is 3. The van der Waals surface area contributed by atoms with Crippen molar-refractivity contribution in [3.63, 3.8) is 0 Å². The molecule has 0 unspecified atom stereocenters. The largest absolute Gasteiger partial charge is 0.391 e. The minimum Gasteiger partial charge on any atom is -0.391 e. The van der Waals surface area contributed by atoms with Gasteiger partial charge in [0.2, 0.25) is 5.91 Å². The summed E-state index contributed by atoms with van der Waals surface area (Å²) >= 11 is 0. The SMILES string of the molecule is C[C@@H](O)[C@H](NC(=O)c1ccc(CCCCCN2CCCC2=O)cc1)C(=O)CO. The van der Waals surface area contributed by atoms with Crippen LogP contribution in [0, 0.1) is 0 Å². The van der Waals surface area contributed by atoms with E-state index in [4.69, 9.17) is 5.11 Å². The summed E-state index contributed by atoms with van der Waals surface area (Å²) in [5, 5.41) is 21.0. The molecule has 7 heteroatoms. The van der Waals surface area contributed by atoms with Gasteiger partial charge in [0.1, 0.15) is 12.6 Å². The van der Waals surface area contributed by atoms with Gasteiger partial charge in [-0.15, -0.1) is 0 Å². The minimum atomic E-state index is -1.13. The third kappa shape index (κ3) is 6.42. The van der Waals surface area contributed by atoms with Crippen LogP contribution in [0.2, 0.25) is 0 Å². The molecule has 28 heavy (non-hydrogen) atoms. The number of unbranched alkanes of at least 4 members (excludes halogenated alkanes) is 2. The summed E-state index contributed by atoms with van der Waals surface area (Å²) in [6.07, 6.45) is 4.55. The van der Waals surface area contributed by atoms with Crippen LogP contribution in [0.1, 0.15) is 54.9 Å². The van der Waals surface area contributed by atoms with Crippen LogP contribution in [0.4, 0.5) is 0 Å². The number of rotatable bonds is 11. The molecule has 154 valence electrons. The molecule has 1 fully saturated rings. The molecule has 1 aromatic carbocycles. The van der Waals surface area contributed by atoms with Gasteiger partial charge in [-0.3, -0.25) is 14.4 Å². The number of benzene rings is 1. The van der Waals surface area contributed by atoms with E-state index in [1.807, 2.05) is 17.0 Å². The number of hydrogen-bond donors (Lipinski definition) is 3. The van der Waals surface area contributed by atoms with E-state index in [2.05, 4.69) is 5.32 Å². The molecule has 0 aromatic heterocycles. The summed E-state index contributed by atoms with van der Waals surface area (Å²) in [5.74, 6) is -0.822. The van der Waals surface area contributed by atoms with Crippen LogP contribution in [0.5, 0.6) is 0 Å². The first-order chi connectivity index (χ1) is 13.4. The van der Waals surface area contributed by atoms with Crippen molar-refractivity contribution in [1.29, 1.82) is 0 Å². The fourth-order valence-corrected chi connectivity index (χ4v) is 3.36. The molecule has 7 nitrogen and oxygen atoms in total. The van der Waals surface area contributed by atoms with Crippen LogP contribution in [0.3, 0.4) is 0 Å². The van der Waals surface area contributed by atoms with Gasteiger partial charge in [0.05, 0.1) is 6.10 Å². The smallest absolute Gasteiger partial charge is 0.251 e. The average Bonchev–Trinajstić information content (AvgIpc) is 3.10. The van der Waals surface area contributed by atoms with E-state index >= 15 is 0 Å². The van der Waals surface area contributed by atoms with Crippen LogP contribution in [-0.4, -0.2) is 64.6 Å². The Hall–Kier alpha value is -2.25. The van der Waals surface area contributed by atoms with Gasteiger partial charge < -0.3 is 20.4 Å². The summed E-state index contributed by atoms with van der Waals surface area (Å²) in [6.45, 7) is 2.39. The minimum absolute atomic E-state index is 0.271. The molecule has 0 radical (unpaired) electrons. The third-order valence-electron chi connectivity index (χ3n) is 5.05. The van der Waals surface area contributed by atoms with Crippen molar-refractivity contribution in [3.8, 4) is 0 Å². The van der Waals surface area contributed by atoms with E-state index in [0.717, 1.165) is 50.8 Å². The predicted molar refractivity (Wildman–Crippen MR) is 105 cm³/mol. The highest BCUT2D eigenvalue weighted by Crippen LogP contribution is 2.13. The molecule has 1 heterocycles. The van der Waals surface area contributed by atoms with Crippen LogP contribution in [-0.2, 0) is 16.0 Å². The van der Waals surface area contributed by atoms with Crippen molar-refractivity contribution in [1.82, 2.24) is 10.2 Å². The Morgan fingerprint density at radius 2 is 1.89 bits per heavy atom. The zero-order valence-corrected chi connectivity index (χ0v) is 16.4.